The molecule has 0 fully saturated rings. The van der Waals surface area contributed by atoms with Crippen LogP contribution in [-0.2, 0) is 14.6 Å². The number of nitrogens with one attached hydrogen (secondary N) is 1. The Morgan fingerprint density at radius 2 is 1.88 bits per heavy atom. The Labute approximate surface area is 101 Å². The summed E-state index contributed by atoms with van der Waals surface area (Å²) in [7, 11) is -1.79. The van der Waals surface area contributed by atoms with Crippen molar-refractivity contribution in [1.82, 2.24) is 5.32 Å². The van der Waals surface area contributed by atoms with E-state index in [9.17, 15) is 13.2 Å². The van der Waals surface area contributed by atoms with Gasteiger partial charge >= 0.3 is 0 Å². The van der Waals surface area contributed by atoms with Crippen LogP contribution in [0.1, 0.15) is 12.8 Å². The Kier molecular flexibility index (Phi) is 4.51. The van der Waals surface area contributed by atoms with E-state index in [0.717, 1.165) is 0 Å². The van der Waals surface area contributed by atoms with Gasteiger partial charge in [0.2, 0.25) is 5.91 Å². The standard InChI is InChI=1S/C11H16N2O3S/c1-13-11(14)3-2-8-17(15,16)10-6-4-9(12)5-7-10/h4-7H,2-3,8,12H2,1H3,(H,13,14). The molecule has 5 nitrogen and oxygen atoms in total. The van der Waals surface area contributed by atoms with Gasteiger partial charge in [0.25, 0.3) is 0 Å². The lowest BCUT2D eigenvalue weighted by Gasteiger charge is -2.04. The van der Waals surface area contributed by atoms with Gasteiger partial charge in [-0.25, -0.2) is 8.42 Å². The molecule has 3 N–H and O–H groups in total. The maximum atomic E-state index is 11.8. The highest BCUT2D eigenvalue weighted by molar-refractivity contribution is 7.91. The van der Waals surface area contributed by atoms with Gasteiger partial charge in [-0.15, -0.1) is 0 Å². The number of benzene rings is 1. The van der Waals surface area contributed by atoms with Gasteiger partial charge < -0.3 is 11.1 Å². The van der Waals surface area contributed by atoms with Crippen LogP contribution in [0.5, 0.6) is 0 Å². The molecule has 1 amide bonds. The van der Waals surface area contributed by atoms with Crippen molar-refractivity contribution in [2.45, 2.75) is 17.7 Å². The van der Waals surface area contributed by atoms with Crippen molar-refractivity contribution in [3.05, 3.63) is 24.3 Å². The summed E-state index contributed by atoms with van der Waals surface area (Å²) < 4.78 is 23.7. The lowest BCUT2D eigenvalue weighted by molar-refractivity contribution is -0.120. The van der Waals surface area contributed by atoms with E-state index < -0.39 is 9.84 Å². The summed E-state index contributed by atoms with van der Waals surface area (Å²) in [4.78, 5) is 11.2. The molecule has 0 radical (unpaired) electrons. The maximum absolute atomic E-state index is 11.8. The van der Waals surface area contributed by atoms with Crippen molar-refractivity contribution in [3.8, 4) is 0 Å². The van der Waals surface area contributed by atoms with Gasteiger partial charge in [0.1, 0.15) is 0 Å². The minimum Gasteiger partial charge on any atom is -0.399 e. The van der Waals surface area contributed by atoms with Gasteiger partial charge in [-0.2, -0.15) is 0 Å². The molecule has 0 aliphatic rings. The van der Waals surface area contributed by atoms with E-state index in [1.54, 1.807) is 12.1 Å². The van der Waals surface area contributed by atoms with E-state index in [4.69, 9.17) is 5.73 Å². The third kappa shape index (κ3) is 4.07. The van der Waals surface area contributed by atoms with Crippen LogP contribution in [0.4, 0.5) is 5.69 Å². The summed E-state index contributed by atoms with van der Waals surface area (Å²) in [6.07, 6.45) is 0.525. The first-order valence-electron chi connectivity index (χ1n) is 5.24. The molecule has 0 bridgehead atoms. The molecule has 0 saturated heterocycles. The third-order valence-corrected chi connectivity index (χ3v) is 4.15. The monoisotopic (exact) mass is 256 g/mol. The van der Waals surface area contributed by atoms with Crippen LogP contribution in [0.3, 0.4) is 0 Å². The molecule has 1 aromatic rings. The number of amides is 1. The number of carbonyl (C=O) groups is 1. The van der Waals surface area contributed by atoms with Crippen LogP contribution >= 0.6 is 0 Å². The molecule has 0 aromatic heterocycles. The van der Waals surface area contributed by atoms with E-state index in [2.05, 4.69) is 5.32 Å². The molecule has 1 rings (SSSR count). The average molecular weight is 256 g/mol. The predicted octanol–water partition coefficient (Wildman–Crippen LogP) is 0.569. The predicted molar refractivity (Wildman–Crippen MR) is 66.2 cm³/mol. The molecule has 94 valence electrons. The highest BCUT2D eigenvalue weighted by Gasteiger charge is 2.14. The van der Waals surface area contributed by atoms with Gasteiger partial charge in [-0.1, -0.05) is 0 Å². The van der Waals surface area contributed by atoms with E-state index >= 15 is 0 Å². The van der Waals surface area contributed by atoms with Gasteiger partial charge in [-0.3, -0.25) is 4.79 Å². The summed E-state index contributed by atoms with van der Waals surface area (Å²) in [5.41, 5.74) is 6.00. The number of rotatable bonds is 5. The second-order valence-electron chi connectivity index (χ2n) is 3.66. The van der Waals surface area contributed by atoms with Crippen molar-refractivity contribution in [1.29, 1.82) is 0 Å². The van der Waals surface area contributed by atoms with Crippen LogP contribution in [0, 0.1) is 0 Å². The second kappa shape index (κ2) is 5.67. The van der Waals surface area contributed by atoms with Gasteiger partial charge in [0.05, 0.1) is 10.6 Å². The molecule has 17 heavy (non-hydrogen) atoms. The molecule has 0 spiro atoms. The van der Waals surface area contributed by atoms with Crippen molar-refractivity contribution in [2.24, 2.45) is 0 Å². The number of nitrogen functional groups attached to an aromatic ring is 1. The number of hydrogen-bond acceptors (Lipinski definition) is 4. The second-order valence-corrected chi connectivity index (χ2v) is 5.77. The van der Waals surface area contributed by atoms with Crippen LogP contribution in [0.2, 0.25) is 0 Å². The molecule has 0 unspecified atom stereocenters. The number of carbonyl (C=O) groups excluding carboxylic acids is 1. The largest absolute Gasteiger partial charge is 0.399 e. The number of sulfone groups is 1. The SMILES string of the molecule is CNC(=O)CCCS(=O)(=O)c1ccc(N)cc1. The van der Waals surface area contributed by atoms with Crippen molar-refractivity contribution in [3.63, 3.8) is 0 Å². The highest BCUT2D eigenvalue weighted by Crippen LogP contribution is 2.14. The molecule has 0 heterocycles. The highest BCUT2D eigenvalue weighted by atomic mass is 32.2. The molecule has 0 saturated carbocycles. The summed E-state index contributed by atoms with van der Waals surface area (Å²) >= 11 is 0. The Balaban J connectivity index is 2.63. The summed E-state index contributed by atoms with van der Waals surface area (Å²) in [6.45, 7) is 0. The molecular weight excluding hydrogens is 240 g/mol. The Morgan fingerprint density at radius 1 is 1.29 bits per heavy atom. The Hall–Kier alpha value is -1.56. The van der Waals surface area contributed by atoms with Crippen molar-refractivity contribution in [2.75, 3.05) is 18.5 Å². The van der Waals surface area contributed by atoms with E-state index in [1.807, 2.05) is 0 Å². The number of anilines is 1. The normalized spacial score (nSPS) is 11.1. The van der Waals surface area contributed by atoms with Crippen LogP contribution < -0.4 is 11.1 Å². The number of nitrogens with two attached hydrogens (primary N) is 1. The fourth-order valence-electron chi connectivity index (χ4n) is 1.34. The fourth-order valence-corrected chi connectivity index (χ4v) is 2.65. The zero-order valence-corrected chi connectivity index (χ0v) is 10.5. The summed E-state index contributed by atoms with van der Waals surface area (Å²) in [6, 6.07) is 6.05. The van der Waals surface area contributed by atoms with E-state index in [1.165, 1.54) is 19.2 Å². The summed E-state index contributed by atoms with van der Waals surface area (Å²) in [5, 5.41) is 2.45. The van der Waals surface area contributed by atoms with E-state index in [0.29, 0.717) is 12.1 Å². The Morgan fingerprint density at radius 3 is 2.41 bits per heavy atom. The quantitative estimate of drug-likeness (QED) is 0.754. The maximum Gasteiger partial charge on any atom is 0.219 e. The van der Waals surface area contributed by atoms with Crippen LogP contribution in [0.25, 0.3) is 0 Å². The summed E-state index contributed by atoms with van der Waals surface area (Å²) in [5.74, 6) is -0.192. The molecule has 6 heteroatoms. The van der Waals surface area contributed by atoms with Crippen molar-refractivity contribution >= 4 is 21.4 Å². The smallest absolute Gasteiger partial charge is 0.219 e. The third-order valence-electron chi connectivity index (χ3n) is 2.33. The first-order chi connectivity index (χ1) is 7.95. The number of hydrogen-bond donors (Lipinski definition) is 2. The van der Waals surface area contributed by atoms with Gasteiger partial charge in [0, 0.05) is 19.2 Å². The minimum absolute atomic E-state index is 0.0374. The lowest BCUT2D eigenvalue weighted by atomic mass is 10.3. The minimum atomic E-state index is -3.32. The zero-order chi connectivity index (χ0) is 12.9. The zero-order valence-electron chi connectivity index (χ0n) is 9.64. The Bertz CT molecular complexity index is 480. The molecular formula is C11H16N2O3S. The molecule has 0 aliphatic heterocycles. The van der Waals surface area contributed by atoms with Crippen molar-refractivity contribution < 1.29 is 13.2 Å². The first-order valence-corrected chi connectivity index (χ1v) is 6.90. The molecule has 0 atom stereocenters. The van der Waals surface area contributed by atoms with Gasteiger partial charge in [0.15, 0.2) is 9.84 Å². The fraction of sp³-hybridized carbons (Fsp3) is 0.364. The lowest BCUT2D eigenvalue weighted by Crippen LogP contribution is -2.18. The molecule has 1 aromatic carbocycles. The first kappa shape index (κ1) is 13.5. The van der Waals surface area contributed by atoms with Crippen LogP contribution in [0.15, 0.2) is 29.2 Å². The van der Waals surface area contributed by atoms with Crippen LogP contribution in [-0.4, -0.2) is 27.1 Å². The average Bonchev–Trinajstić information content (AvgIpc) is 2.29. The van der Waals surface area contributed by atoms with E-state index in [-0.39, 0.29) is 23.0 Å². The topological polar surface area (TPSA) is 89.3 Å². The molecule has 0 aliphatic carbocycles. The van der Waals surface area contributed by atoms with Gasteiger partial charge in [-0.05, 0) is 30.7 Å².